The second kappa shape index (κ2) is 5.56. The monoisotopic (exact) mass is 365 g/mol. The summed E-state index contributed by atoms with van der Waals surface area (Å²) in [6, 6.07) is 7.42. The van der Waals surface area contributed by atoms with E-state index in [1.807, 2.05) is 24.3 Å². The Labute approximate surface area is 116 Å². The lowest BCUT2D eigenvalue weighted by molar-refractivity contribution is 0.486. The number of anilines is 1. The highest BCUT2D eigenvalue weighted by Crippen LogP contribution is 2.25. The van der Waals surface area contributed by atoms with E-state index in [0.717, 1.165) is 35.7 Å². The van der Waals surface area contributed by atoms with Gasteiger partial charge in [0.05, 0.1) is 5.25 Å². The molecule has 0 radical (unpaired) electrons. The summed E-state index contributed by atoms with van der Waals surface area (Å²) in [6.45, 7) is 0. The molecule has 0 atom stereocenters. The van der Waals surface area contributed by atoms with Crippen LogP contribution in [0.25, 0.3) is 0 Å². The third-order valence-electron chi connectivity index (χ3n) is 3.10. The predicted octanol–water partition coefficient (Wildman–Crippen LogP) is 3.37. The molecule has 0 unspecified atom stereocenters. The number of benzene rings is 1. The van der Waals surface area contributed by atoms with E-state index in [1.54, 1.807) is 0 Å². The third kappa shape index (κ3) is 3.58. The number of nitrogens with one attached hydrogen (secondary N) is 1. The predicted molar refractivity (Wildman–Crippen MR) is 78.6 cm³/mol. The van der Waals surface area contributed by atoms with Gasteiger partial charge >= 0.3 is 0 Å². The first-order valence-electron chi connectivity index (χ1n) is 5.85. The Morgan fingerprint density at radius 3 is 2.24 bits per heavy atom. The minimum absolute atomic E-state index is 0.212. The van der Waals surface area contributed by atoms with Crippen molar-refractivity contribution >= 4 is 38.3 Å². The summed E-state index contributed by atoms with van der Waals surface area (Å²) in [5.41, 5.74) is 0.663. The Kier molecular flexibility index (Phi) is 4.30. The maximum absolute atomic E-state index is 12.1. The number of halogens is 1. The molecule has 0 saturated heterocycles. The van der Waals surface area contributed by atoms with E-state index >= 15 is 0 Å². The van der Waals surface area contributed by atoms with Crippen LogP contribution in [0.4, 0.5) is 5.69 Å². The molecular weight excluding hydrogens is 349 g/mol. The molecule has 0 heterocycles. The summed E-state index contributed by atoms with van der Waals surface area (Å²) >= 11 is 2.20. The van der Waals surface area contributed by atoms with Crippen molar-refractivity contribution in [3.63, 3.8) is 0 Å². The fourth-order valence-corrected chi connectivity index (χ4v) is 4.09. The summed E-state index contributed by atoms with van der Waals surface area (Å²) in [4.78, 5) is 0. The summed E-state index contributed by atoms with van der Waals surface area (Å²) in [5.74, 6) is 0. The summed E-state index contributed by atoms with van der Waals surface area (Å²) in [6.07, 6.45) is 4.80. The SMILES string of the molecule is O=S(=O)(Nc1ccc(I)cc1)C1CCCCC1. The Bertz CT molecular complexity index is 464. The van der Waals surface area contributed by atoms with Crippen molar-refractivity contribution in [3.05, 3.63) is 27.8 Å². The van der Waals surface area contributed by atoms with Gasteiger partial charge in [-0.15, -0.1) is 0 Å². The number of hydrogen-bond donors (Lipinski definition) is 1. The van der Waals surface area contributed by atoms with E-state index in [-0.39, 0.29) is 5.25 Å². The van der Waals surface area contributed by atoms with Gasteiger partial charge in [-0.3, -0.25) is 4.72 Å². The molecule has 17 heavy (non-hydrogen) atoms. The van der Waals surface area contributed by atoms with Gasteiger partial charge in [0.1, 0.15) is 0 Å². The first kappa shape index (κ1) is 13.1. The van der Waals surface area contributed by atoms with Gasteiger partial charge in [0.25, 0.3) is 0 Å². The molecule has 0 spiro atoms. The minimum Gasteiger partial charge on any atom is -0.283 e. The van der Waals surface area contributed by atoms with Crippen molar-refractivity contribution in [2.24, 2.45) is 0 Å². The Hall–Kier alpha value is -0.300. The molecule has 1 aromatic rings. The molecule has 1 aromatic carbocycles. The summed E-state index contributed by atoms with van der Waals surface area (Å²) in [5, 5.41) is -0.212. The van der Waals surface area contributed by atoms with E-state index in [0.29, 0.717) is 5.69 Å². The highest BCUT2D eigenvalue weighted by atomic mass is 127. The summed E-state index contributed by atoms with van der Waals surface area (Å²) in [7, 11) is -3.20. The molecule has 1 aliphatic rings. The van der Waals surface area contributed by atoms with Crippen LogP contribution in [0.2, 0.25) is 0 Å². The Morgan fingerprint density at radius 2 is 1.65 bits per heavy atom. The van der Waals surface area contributed by atoms with E-state index in [1.165, 1.54) is 0 Å². The number of sulfonamides is 1. The van der Waals surface area contributed by atoms with Gasteiger partial charge in [0, 0.05) is 9.26 Å². The van der Waals surface area contributed by atoms with Crippen molar-refractivity contribution in [2.75, 3.05) is 4.72 Å². The lowest BCUT2D eigenvalue weighted by Gasteiger charge is -2.22. The largest absolute Gasteiger partial charge is 0.283 e. The second-order valence-corrected chi connectivity index (χ2v) is 7.62. The highest BCUT2D eigenvalue weighted by molar-refractivity contribution is 14.1. The molecule has 1 aliphatic carbocycles. The Morgan fingerprint density at radius 1 is 1.06 bits per heavy atom. The number of hydrogen-bond acceptors (Lipinski definition) is 2. The average molecular weight is 365 g/mol. The molecule has 5 heteroatoms. The van der Waals surface area contributed by atoms with Crippen LogP contribution in [-0.2, 0) is 10.0 Å². The zero-order valence-corrected chi connectivity index (χ0v) is 12.5. The normalized spacial score (nSPS) is 17.9. The van der Waals surface area contributed by atoms with E-state index < -0.39 is 10.0 Å². The number of rotatable bonds is 3. The third-order valence-corrected chi connectivity index (χ3v) is 5.68. The fourth-order valence-electron chi connectivity index (χ4n) is 2.14. The van der Waals surface area contributed by atoms with Crippen molar-refractivity contribution in [2.45, 2.75) is 37.4 Å². The van der Waals surface area contributed by atoms with Gasteiger partial charge in [-0.25, -0.2) is 8.42 Å². The van der Waals surface area contributed by atoms with E-state index in [9.17, 15) is 8.42 Å². The quantitative estimate of drug-likeness (QED) is 0.835. The Balaban J connectivity index is 2.08. The van der Waals surface area contributed by atoms with Gasteiger partial charge in [-0.1, -0.05) is 19.3 Å². The zero-order valence-electron chi connectivity index (χ0n) is 9.52. The average Bonchev–Trinajstić information content (AvgIpc) is 2.33. The minimum atomic E-state index is -3.20. The first-order valence-corrected chi connectivity index (χ1v) is 8.48. The topological polar surface area (TPSA) is 46.2 Å². The van der Waals surface area contributed by atoms with Gasteiger partial charge < -0.3 is 0 Å². The second-order valence-electron chi connectivity index (χ2n) is 4.41. The van der Waals surface area contributed by atoms with E-state index in [2.05, 4.69) is 27.3 Å². The van der Waals surface area contributed by atoms with Crippen LogP contribution in [0.15, 0.2) is 24.3 Å². The summed E-state index contributed by atoms with van der Waals surface area (Å²) < 4.78 is 28.0. The molecule has 0 bridgehead atoms. The molecule has 2 rings (SSSR count). The van der Waals surface area contributed by atoms with Gasteiger partial charge in [-0.2, -0.15) is 0 Å². The van der Waals surface area contributed by atoms with Crippen LogP contribution in [0.3, 0.4) is 0 Å². The van der Waals surface area contributed by atoms with Gasteiger partial charge in [-0.05, 0) is 59.7 Å². The zero-order chi connectivity index (χ0) is 12.3. The molecule has 3 nitrogen and oxygen atoms in total. The molecule has 1 N–H and O–H groups in total. The van der Waals surface area contributed by atoms with Crippen LogP contribution in [0.1, 0.15) is 32.1 Å². The molecule has 0 aromatic heterocycles. The molecule has 94 valence electrons. The van der Waals surface area contributed by atoms with Crippen molar-refractivity contribution in [1.29, 1.82) is 0 Å². The first-order chi connectivity index (χ1) is 8.08. The van der Waals surface area contributed by atoms with Crippen LogP contribution < -0.4 is 4.72 Å². The van der Waals surface area contributed by atoms with E-state index in [4.69, 9.17) is 0 Å². The maximum atomic E-state index is 12.1. The van der Waals surface area contributed by atoms with Crippen LogP contribution in [0.5, 0.6) is 0 Å². The highest BCUT2D eigenvalue weighted by Gasteiger charge is 2.26. The van der Waals surface area contributed by atoms with Gasteiger partial charge in [0.2, 0.25) is 10.0 Å². The van der Waals surface area contributed by atoms with Crippen molar-refractivity contribution < 1.29 is 8.42 Å². The molecule has 0 amide bonds. The molecular formula is C12H16INO2S. The van der Waals surface area contributed by atoms with Crippen LogP contribution in [-0.4, -0.2) is 13.7 Å². The lowest BCUT2D eigenvalue weighted by atomic mass is 10.0. The van der Waals surface area contributed by atoms with Gasteiger partial charge in [0.15, 0.2) is 0 Å². The fraction of sp³-hybridized carbons (Fsp3) is 0.500. The molecule has 1 saturated carbocycles. The van der Waals surface area contributed by atoms with Crippen LogP contribution in [0, 0.1) is 3.57 Å². The van der Waals surface area contributed by atoms with Crippen molar-refractivity contribution in [3.8, 4) is 0 Å². The van der Waals surface area contributed by atoms with Crippen LogP contribution >= 0.6 is 22.6 Å². The van der Waals surface area contributed by atoms with Crippen molar-refractivity contribution in [1.82, 2.24) is 0 Å². The lowest BCUT2D eigenvalue weighted by Crippen LogP contribution is -2.29. The smallest absolute Gasteiger partial charge is 0.235 e. The molecule has 0 aliphatic heterocycles. The maximum Gasteiger partial charge on any atom is 0.235 e. The standard InChI is InChI=1S/C12H16INO2S/c13-10-6-8-11(9-7-10)14-17(15,16)12-4-2-1-3-5-12/h6-9,12,14H,1-5H2. The molecule has 1 fully saturated rings.